The fourth-order valence-corrected chi connectivity index (χ4v) is 2.99. The van der Waals surface area contributed by atoms with Crippen molar-refractivity contribution in [3.8, 4) is 0 Å². The highest BCUT2D eigenvalue weighted by Gasteiger charge is 2.30. The van der Waals surface area contributed by atoms with Gasteiger partial charge in [-0.2, -0.15) is 0 Å². The van der Waals surface area contributed by atoms with Crippen molar-refractivity contribution >= 4 is 0 Å². The second-order valence-corrected chi connectivity index (χ2v) is 6.11. The summed E-state index contributed by atoms with van der Waals surface area (Å²) in [5.41, 5.74) is 5.81. The zero-order valence-corrected chi connectivity index (χ0v) is 12.7. The summed E-state index contributed by atoms with van der Waals surface area (Å²) in [6.07, 6.45) is 0. The molecule has 0 radical (unpaired) electrons. The van der Waals surface area contributed by atoms with Gasteiger partial charge < -0.3 is 0 Å². The van der Waals surface area contributed by atoms with Crippen molar-refractivity contribution < 1.29 is 0 Å². The second-order valence-electron chi connectivity index (χ2n) is 6.11. The molecule has 2 aromatic rings. The van der Waals surface area contributed by atoms with Gasteiger partial charge in [0.05, 0.1) is 0 Å². The Morgan fingerprint density at radius 2 is 1.32 bits per heavy atom. The monoisotopic (exact) mass is 252 g/mol. The number of benzene rings is 2. The molecule has 1 atom stereocenters. The number of aryl methyl sites for hydroxylation is 2. The first-order valence-corrected chi connectivity index (χ1v) is 7.06. The van der Waals surface area contributed by atoms with E-state index < -0.39 is 0 Å². The maximum Gasteiger partial charge on any atom is -0.00349 e. The van der Waals surface area contributed by atoms with Crippen LogP contribution in [0.2, 0.25) is 0 Å². The molecule has 2 aromatic carbocycles. The highest BCUT2D eigenvalue weighted by molar-refractivity contribution is 5.39. The van der Waals surface area contributed by atoms with E-state index in [0.29, 0.717) is 5.92 Å². The van der Waals surface area contributed by atoms with Gasteiger partial charge in [-0.15, -0.1) is 0 Å². The third kappa shape index (κ3) is 2.58. The van der Waals surface area contributed by atoms with E-state index in [9.17, 15) is 0 Å². The standard InChI is InChI=1S/C19H24/c1-14-10-6-8-12-17(14)16(3)19(4,5)18-13-9-7-11-15(18)2/h6-13,16H,1-5H3. The lowest BCUT2D eigenvalue weighted by Gasteiger charge is -2.35. The fourth-order valence-electron chi connectivity index (χ4n) is 2.99. The van der Waals surface area contributed by atoms with Crippen LogP contribution in [0.1, 0.15) is 48.9 Å². The molecule has 19 heavy (non-hydrogen) atoms. The first kappa shape index (κ1) is 13.9. The van der Waals surface area contributed by atoms with Crippen LogP contribution in [0, 0.1) is 13.8 Å². The highest BCUT2D eigenvalue weighted by atomic mass is 14.3. The normalized spacial score (nSPS) is 13.3. The summed E-state index contributed by atoms with van der Waals surface area (Å²) in [6, 6.07) is 17.5. The Labute approximate surface area is 117 Å². The molecule has 2 rings (SSSR count). The summed E-state index contributed by atoms with van der Waals surface area (Å²) < 4.78 is 0. The van der Waals surface area contributed by atoms with E-state index in [-0.39, 0.29) is 5.41 Å². The minimum atomic E-state index is 0.136. The molecule has 0 aliphatic carbocycles. The lowest BCUT2D eigenvalue weighted by Crippen LogP contribution is -2.26. The van der Waals surface area contributed by atoms with Crippen molar-refractivity contribution in [2.45, 2.75) is 46.0 Å². The molecule has 1 unspecified atom stereocenters. The molecule has 0 aliphatic heterocycles. The van der Waals surface area contributed by atoms with Crippen LogP contribution in [0.3, 0.4) is 0 Å². The molecule has 0 nitrogen and oxygen atoms in total. The molecule has 0 amide bonds. The molecule has 0 saturated heterocycles. The van der Waals surface area contributed by atoms with Crippen molar-refractivity contribution in [1.82, 2.24) is 0 Å². The number of hydrogen-bond acceptors (Lipinski definition) is 0. The largest absolute Gasteiger partial charge is 0.0620 e. The molecule has 100 valence electrons. The Balaban J connectivity index is 2.45. The third-order valence-electron chi connectivity index (χ3n) is 4.58. The van der Waals surface area contributed by atoms with Crippen LogP contribution in [-0.4, -0.2) is 0 Å². The van der Waals surface area contributed by atoms with Gasteiger partial charge in [0, 0.05) is 0 Å². The van der Waals surface area contributed by atoms with E-state index in [0.717, 1.165) is 0 Å². The van der Waals surface area contributed by atoms with Crippen molar-refractivity contribution in [2.75, 3.05) is 0 Å². The Kier molecular flexibility index (Phi) is 3.80. The van der Waals surface area contributed by atoms with E-state index in [4.69, 9.17) is 0 Å². The van der Waals surface area contributed by atoms with Crippen LogP contribution in [0.4, 0.5) is 0 Å². The first-order valence-electron chi connectivity index (χ1n) is 7.06. The number of rotatable bonds is 3. The molecule has 0 fully saturated rings. The summed E-state index contributed by atoms with van der Waals surface area (Å²) in [6.45, 7) is 11.5. The van der Waals surface area contributed by atoms with E-state index in [1.807, 2.05) is 0 Å². The highest BCUT2D eigenvalue weighted by Crippen LogP contribution is 2.40. The smallest absolute Gasteiger partial charge is 0.00349 e. The van der Waals surface area contributed by atoms with Gasteiger partial charge in [-0.25, -0.2) is 0 Å². The molecular formula is C19H24. The Morgan fingerprint density at radius 1 is 0.789 bits per heavy atom. The van der Waals surface area contributed by atoms with Crippen molar-refractivity contribution in [1.29, 1.82) is 0 Å². The van der Waals surface area contributed by atoms with E-state index in [1.54, 1.807) is 0 Å². The fraction of sp³-hybridized carbons (Fsp3) is 0.368. The predicted molar refractivity (Wildman–Crippen MR) is 83.8 cm³/mol. The summed E-state index contributed by atoms with van der Waals surface area (Å²) in [7, 11) is 0. The molecule has 0 bridgehead atoms. The average Bonchev–Trinajstić information content (AvgIpc) is 2.39. The summed E-state index contributed by atoms with van der Waals surface area (Å²) in [5, 5.41) is 0. The zero-order valence-electron chi connectivity index (χ0n) is 12.7. The second kappa shape index (κ2) is 5.21. The minimum Gasteiger partial charge on any atom is -0.0620 e. The summed E-state index contributed by atoms with van der Waals surface area (Å²) >= 11 is 0. The van der Waals surface area contributed by atoms with E-state index in [2.05, 4.69) is 83.1 Å². The maximum absolute atomic E-state index is 2.35. The van der Waals surface area contributed by atoms with Gasteiger partial charge in [0.1, 0.15) is 0 Å². The van der Waals surface area contributed by atoms with Gasteiger partial charge in [-0.05, 0) is 47.4 Å². The average molecular weight is 252 g/mol. The van der Waals surface area contributed by atoms with E-state index in [1.165, 1.54) is 22.3 Å². The Hall–Kier alpha value is -1.56. The quantitative estimate of drug-likeness (QED) is 0.687. The maximum atomic E-state index is 2.35. The van der Waals surface area contributed by atoms with Gasteiger partial charge in [0.2, 0.25) is 0 Å². The van der Waals surface area contributed by atoms with Crippen molar-refractivity contribution in [3.63, 3.8) is 0 Å². The SMILES string of the molecule is Cc1ccccc1C(C)C(C)(C)c1ccccc1C. The molecule has 0 saturated carbocycles. The van der Waals surface area contributed by atoms with Crippen LogP contribution in [0.5, 0.6) is 0 Å². The van der Waals surface area contributed by atoms with Gasteiger partial charge in [-0.1, -0.05) is 69.3 Å². The van der Waals surface area contributed by atoms with Gasteiger partial charge in [0.15, 0.2) is 0 Å². The van der Waals surface area contributed by atoms with Crippen LogP contribution in [-0.2, 0) is 5.41 Å². The van der Waals surface area contributed by atoms with Gasteiger partial charge >= 0.3 is 0 Å². The van der Waals surface area contributed by atoms with Crippen LogP contribution >= 0.6 is 0 Å². The molecule has 0 aromatic heterocycles. The third-order valence-corrected chi connectivity index (χ3v) is 4.58. The van der Waals surface area contributed by atoms with Crippen LogP contribution < -0.4 is 0 Å². The predicted octanol–water partition coefficient (Wildman–Crippen LogP) is 5.38. The van der Waals surface area contributed by atoms with Crippen LogP contribution in [0.15, 0.2) is 48.5 Å². The Bertz CT molecular complexity index is 564. The summed E-state index contributed by atoms with van der Waals surface area (Å²) in [4.78, 5) is 0. The van der Waals surface area contributed by atoms with Crippen molar-refractivity contribution in [3.05, 3.63) is 70.8 Å². The molecular weight excluding hydrogens is 228 g/mol. The van der Waals surface area contributed by atoms with Gasteiger partial charge in [0.25, 0.3) is 0 Å². The topological polar surface area (TPSA) is 0 Å². The molecule has 0 heterocycles. The molecule has 0 aliphatic rings. The lowest BCUT2D eigenvalue weighted by molar-refractivity contribution is 0.433. The van der Waals surface area contributed by atoms with Crippen LogP contribution in [0.25, 0.3) is 0 Å². The number of hydrogen-bond donors (Lipinski definition) is 0. The lowest BCUT2D eigenvalue weighted by atomic mass is 9.69. The first-order chi connectivity index (χ1) is 8.94. The molecule has 0 N–H and O–H groups in total. The van der Waals surface area contributed by atoms with E-state index >= 15 is 0 Å². The minimum absolute atomic E-state index is 0.136. The summed E-state index contributed by atoms with van der Waals surface area (Å²) in [5.74, 6) is 0.495. The Morgan fingerprint density at radius 3 is 1.89 bits per heavy atom. The zero-order chi connectivity index (χ0) is 14.0. The van der Waals surface area contributed by atoms with Crippen molar-refractivity contribution in [2.24, 2.45) is 0 Å². The molecule has 0 spiro atoms. The van der Waals surface area contributed by atoms with Gasteiger partial charge in [-0.3, -0.25) is 0 Å². The molecule has 0 heteroatoms.